The van der Waals surface area contributed by atoms with Crippen molar-refractivity contribution in [2.24, 2.45) is 11.8 Å². The topological polar surface area (TPSA) is 49.4 Å². The van der Waals surface area contributed by atoms with Gasteiger partial charge >= 0.3 is 0 Å². The maximum absolute atomic E-state index is 12.8. The van der Waals surface area contributed by atoms with Crippen molar-refractivity contribution >= 4 is 15.7 Å². The maximum atomic E-state index is 12.8. The van der Waals surface area contributed by atoms with Gasteiger partial charge in [-0.1, -0.05) is 12.5 Å². The van der Waals surface area contributed by atoms with Gasteiger partial charge in [0, 0.05) is 25.3 Å². The monoisotopic (exact) mass is 306 g/mol. The molecule has 1 aromatic carbocycles. The van der Waals surface area contributed by atoms with E-state index in [9.17, 15) is 8.42 Å². The number of benzene rings is 1. The molecule has 1 saturated heterocycles. The predicted molar refractivity (Wildman–Crippen MR) is 82.8 cm³/mol. The summed E-state index contributed by atoms with van der Waals surface area (Å²) in [6, 6.07) is 5.60. The zero-order chi connectivity index (χ0) is 14.4. The minimum Gasteiger partial charge on any atom is -0.385 e. The molecule has 0 bridgehead atoms. The number of rotatable bonds is 2. The van der Waals surface area contributed by atoms with E-state index in [1.54, 1.807) is 10.4 Å². The van der Waals surface area contributed by atoms with E-state index in [2.05, 4.69) is 5.32 Å². The molecule has 4 nitrogen and oxygen atoms in total. The molecule has 0 amide bonds. The van der Waals surface area contributed by atoms with Gasteiger partial charge in [-0.25, -0.2) is 8.42 Å². The Labute approximate surface area is 126 Å². The number of fused-ring (bicyclic) bond motifs is 2. The summed E-state index contributed by atoms with van der Waals surface area (Å²) in [5, 5.41) is 3.32. The Morgan fingerprint density at radius 2 is 1.86 bits per heavy atom. The Hall–Kier alpha value is -1.07. The second-order valence-electron chi connectivity index (χ2n) is 6.62. The molecule has 0 radical (unpaired) electrons. The van der Waals surface area contributed by atoms with Crippen LogP contribution in [0.5, 0.6) is 0 Å². The smallest absolute Gasteiger partial charge is 0.243 e. The fraction of sp³-hybridized carbons (Fsp3) is 0.625. The van der Waals surface area contributed by atoms with Crippen LogP contribution in [0.4, 0.5) is 5.69 Å². The highest BCUT2D eigenvalue weighted by atomic mass is 32.2. The molecule has 2 atom stereocenters. The van der Waals surface area contributed by atoms with Crippen LogP contribution in [0.1, 0.15) is 31.2 Å². The average molecular weight is 306 g/mol. The zero-order valence-electron chi connectivity index (χ0n) is 12.2. The molecule has 5 heteroatoms. The van der Waals surface area contributed by atoms with Crippen LogP contribution in [0.3, 0.4) is 0 Å². The minimum atomic E-state index is -3.32. The van der Waals surface area contributed by atoms with Crippen molar-refractivity contribution in [1.82, 2.24) is 4.31 Å². The van der Waals surface area contributed by atoms with Gasteiger partial charge in [-0.15, -0.1) is 0 Å². The summed E-state index contributed by atoms with van der Waals surface area (Å²) in [6.45, 7) is 2.37. The van der Waals surface area contributed by atoms with E-state index >= 15 is 0 Å². The Bertz CT molecular complexity index is 644. The van der Waals surface area contributed by atoms with Crippen LogP contribution in [0, 0.1) is 11.8 Å². The number of nitrogens with zero attached hydrogens (tertiary/aromatic N) is 1. The second-order valence-corrected chi connectivity index (χ2v) is 8.56. The molecule has 0 spiro atoms. The normalized spacial score (nSPS) is 29.0. The molecule has 21 heavy (non-hydrogen) atoms. The molecule has 2 heterocycles. The standard InChI is InChI=1S/C16H22N2O2S/c19-21(20,18-10-13-3-1-4-14(13)11-18)15-7-6-12-5-2-8-17-16(12)9-15/h6-7,9,13-14,17H,1-5,8,10-11H2. The molecule has 2 fully saturated rings. The van der Waals surface area contributed by atoms with Crippen molar-refractivity contribution in [3.05, 3.63) is 23.8 Å². The van der Waals surface area contributed by atoms with Crippen LogP contribution in [-0.2, 0) is 16.4 Å². The van der Waals surface area contributed by atoms with Gasteiger partial charge in [0.15, 0.2) is 0 Å². The van der Waals surface area contributed by atoms with Crippen molar-refractivity contribution in [2.45, 2.75) is 37.0 Å². The number of hydrogen-bond donors (Lipinski definition) is 1. The van der Waals surface area contributed by atoms with Gasteiger partial charge in [0.1, 0.15) is 0 Å². The summed E-state index contributed by atoms with van der Waals surface area (Å²) in [7, 11) is -3.32. The molecule has 0 aromatic heterocycles. The highest BCUT2D eigenvalue weighted by Gasteiger charge is 2.41. The highest BCUT2D eigenvalue weighted by Crippen LogP contribution is 2.40. The van der Waals surface area contributed by atoms with E-state index < -0.39 is 10.0 Å². The second kappa shape index (κ2) is 4.99. The molecule has 1 N–H and O–H groups in total. The van der Waals surface area contributed by atoms with Gasteiger partial charge in [0.05, 0.1) is 4.90 Å². The molecule has 2 aliphatic heterocycles. The van der Waals surface area contributed by atoms with Crippen molar-refractivity contribution in [3.8, 4) is 0 Å². The fourth-order valence-electron chi connectivity index (χ4n) is 4.14. The van der Waals surface area contributed by atoms with Gasteiger partial charge in [-0.3, -0.25) is 0 Å². The molecular weight excluding hydrogens is 284 g/mol. The van der Waals surface area contributed by atoms with Crippen molar-refractivity contribution in [3.63, 3.8) is 0 Å². The lowest BCUT2D eigenvalue weighted by atomic mass is 10.0. The largest absolute Gasteiger partial charge is 0.385 e. The van der Waals surface area contributed by atoms with E-state index in [0.29, 0.717) is 16.7 Å². The summed E-state index contributed by atoms with van der Waals surface area (Å²) >= 11 is 0. The first-order chi connectivity index (χ1) is 10.1. The lowest BCUT2D eigenvalue weighted by Crippen LogP contribution is -2.30. The summed E-state index contributed by atoms with van der Waals surface area (Å²) in [5.74, 6) is 1.19. The van der Waals surface area contributed by atoms with Crippen molar-refractivity contribution in [2.75, 3.05) is 25.0 Å². The summed E-state index contributed by atoms with van der Waals surface area (Å²) in [4.78, 5) is 0.454. The number of nitrogens with one attached hydrogen (secondary N) is 1. The molecule has 4 rings (SSSR count). The molecular formula is C16H22N2O2S. The van der Waals surface area contributed by atoms with Gasteiger partial charge in [-0.05, 0) is 55.2 Å². The minimum absolute atomic E-state index is 0.454. The van der Waals surface area contributed by atoms with Crippen molar-refractivity contribution < 1.29 is 8.42 Å². The molecule has 1 saturated carbocycles. The Balaban J connectivity index is 1.63. The first-order valence-corrected chi connectivity index (χ1v) is 9.45. The molecule has 2 unspecified atom stereocenters. The lowest BCUT2D eigenvalue weighted by molar-refractivity contribution is 0.445. The number of hydrogen-bond acceptors (Lipinski definition) is 3. The maximum Gasteiger partial charge on any atom is 0.243 e. The number of anilines is 1. The molecule has 3 aliphatic rings. The summed E-state index contributed by atoms with van der Waals surface area (Å²) in [5.41, 5.74) is 2.24. The van der Waals surface area contributed by atoms with Crippen LogP contribution in [0.2, 0.25) is 0 Å². The van der Waals surface area contributed by atoms with Crippen LogP contribution in [0.15, 0.2) is 23.1 Å². The molecule has 1 aliphatic carbocycles. The van der Waals surface area contributed by atoms with Crippen LogP contribution < -0.4 is 5.32 Å². The highest BCUT2D eigenvalue weighted by molar-refractivity contribution is 7.89. The van der Waals surface area contributed by atoms with Crippen LogP contribution in [-0.4, -0.2) is 32.4 Å². The van der Waals surface area contributed by atoms with E-state index in [1.807, 2.05) is 12.1 Å². The summed E-state index contributed by atoms with van der Waals surface area (Å²) < 4.78 is 27.4. The summed E-state index contributed by atoms with van der Waals surface area (Å²) in [6.07, 6.45) is 5.82. The first-order valence-electron chi connectivity index (χ1n) is 8.01. The SMILES string of the molecule is O=S(=O)(c1ccc2c(c1)NCCC2)N1CC2CCCC2C1. The zero-order valence-corrected chi connectivity index (χ0v) is 13.0. The third kappa shape index (κ3) is 2.27. The average Bonchev–Trinajstić information content (AvgIpc) is 3.08. The lowest BCUT2D eigenvalue weighted by Gasteiger charge is -2.21. The van der Waals surface area contributed by atoms with Gasteiger partial charge in [-0.2, -0.15) is 4.31 Å². The Morgan fingerprint density at radius 1 is 1.10 bits per heavy atom. The number of sulfonamides is 1. The third-order valence-corrected chi connectivity index (χ3v) is 7.18. The molecule has 1 aromatic rings. The van der Waals surface area contributed by atoms with Gasteiger partial charge in [0.25, 0.3) is 0 Å². The predicted octanol–water partition coefficient (Wildman–Crippen LogP) is 2.47. The van der Waals surface area contributed by atoms with Crippen LogP contribution in [0.25, 0.3) is 0 Å². The fourth-order valence-corrected chi connectivity index (χ4v) is 5.72. The Kier molecular flexibility index (Phi) is 3.23. The number of aryl methyl sites for hydroxylation is 1. The van der Waals surface area contributed by atoms with Crippen LogP contribution >= 0.6 is 0 Å². The van der Waals surface area contributed by atoms with E-state index in [0.717, 1.165) is 38.2 Å². The van der Waals surface area contributed by atoms with E-state index in [1.165, 1.54) is 24.8 Å². The first kappa shape index (κ1) is 13.6. The van der Waals surface area contributed by atoms with E-state index in [4.69, 9.17) is 0 Å². The van der Waals surface area contributed by atoms with Gasteiger partial charge < -0.3 is 5.32 Å². The Morgan fingerprint density at radius 3 is 2.62 bits per heavy atom. The molecule has 114 valence electrons. The van der Waals surface area contributed by atoms with Gasteiger partial charge in [0.2, 0.25) is 10.0 Å². The van der Waals surface area contributed by atoms with Crippen molar-refractivity contribution in [1.29, 1.82) is 0 Å². The quantitative estimate of drug-likeness (QED) is 0.913. The third-order valence-electron chi connectivity index (χ3n) is 5.35. The van der Waals surface area contributed by atoms with E-state index in [-0.39, 0.29) is 0 Å².